The molecule has 0 bridgehead atoms. The molecule has 1 saturated heterocycles. The number of benzene rings is 2. The van der Waals surface area contributed by atoms with Crippen molar-refractivity contribution >= 4 is 40.5 Å². The molecule has 0 spiro atoms. The van der Waals surface area contributed by atoms with Gasteiger partial charge in [0.2, 0.25) is 0 Å². The first kappa shape index (κ1) is 20.8. The number of carbonyl (C=O) groups excluding carboxylic acids is 1. The average Bonchev–Trinajstić information content (AvgIpc) is 3.26. The second-order valence-corrected chi connectivity index (χ2v) is 8.05. The molecule has 5 nitrogen and oxygen atoms in total. The lowest BCUT2D eigenvalue weighted by molar-refractivity contribution is 0.0997. The molecule has 7 heteroatoms. The summed E-state index contributed by atoms with van der Waals surface area (Å²) in [7, 11) is 0. The lowest BCUT2D eigenvalue weighted by Crippen LogP contribution is -2.46. The summed E-state index contributed by atoms with van der Waals surface area (Å²) in [6.07, 6.45) is 0. The minimum atomic E-state index is -0.316. The zero-order chi connectivity index (χ0) is 21.1. The fourth-order valence-corrected chi connectivity index (χ4v) is 3.94. The number of nitrogens with zero attached hydrogens (tertiary/aromatic N) is 2. The van der Waals surface area contributed by atoms with Crippen LogP contribution in [0.1, 0.15) is 17.5 Å². The topological polar surface area (TPSA) is 48.7 Å². The van der Waals surface area contributed by atoms with Gasteiger partial charge < -0.3 is 19.5 Å². The summed E-state index contributed by atoms with van der Waals surface area (Å²) in [5.41, 5.74) is 2.53. The van der Waals surface area contributed by atoms with Gasteiger partial charge in [0.05, 0.1) is 5.02 Å². The number of furan rings is 1. The van der Waals surface area contributed by atoms with Gasteiger partial charge in [-0.25, -0.2) is 0 Å². The van der Waals surface area contributed by atoms with Crippen LogP contribution in [0.2, 0.25) is 10.0 Å². The number of rotatable bonds is 5. The Labute approximate surface area is 186 Å². The molecule has 1 fully saturated rings. The molecule has 0 atom stereocenters. The maximum absolute atomic E-state index is 12.6. The van der Waals surface area contributed by atoms with Crippen LogP contribution in [-0.4, -0.2) is 43.5 Å². The summed E-state index contributed by atoms with van der Waals surface area (Å²) < 4.78 is 5.71. The van der Waals surface area contributed by atoms with Crippen molar-refractivity contribution < 1.29 is 9.21 Å². The van der Waals surface area contributed by atoms with E-state index in [9.17, 15) is 4.79 Å². The molecule has 1 N–H and O–H groups in total. The summed E-state index contributed by atoms with van der Waals surface area (Å²) in [4.78, 5) is 17.4. The fraction of sp³-hybridized carbons (Fsp3) is 0.261. The van der Waals surface area contributed by atoms with Crippen LogP contribution in [0.3, 0.4) is 0 Å². The van der Waals surface area contributed by atoms with Gasteiger partial charge in [-0.3, -0.25) is 4.79 Å². The first-order valence-electron chi connectivity index (χ1n) is 9.97. The fourth-order valence-electron chi connectivity index (χ4n) is 3.56. The Morgan fingerprint density at radius 3 is 2.43 bits per heavy atom. The van der Waals surface area contributed by atoms with E-state index in [0.717, 1.165) is 38.4 Å². The highest BCUT2D eigenvalue weighted by Crippen LogP contribution is 2.32. The Morgan fingerprint density at radius 2 is 1.73 bits per heavy atom. The highest BCUT2D eigenvalue weighted by Gasteiger charge is 2.17. The molecule has 0 radical (unpaired) electrons. The van der Waals surface area contributed by atoms with Crippen molar-refractivity contribution in [2.45, 2.75) is 6.92 Å². The zero-order valence-electron chi connectivity index (χ0n) is 16.7. The van der Waals surface area contributed by atoms with Crippen LogP contribution in [-0.2, 0) is 0 Å². The number of hydrogen-bond donors (Lipinski definition) is 1. The molecule has 0 unspecified atom stereocenters. The average molecular weight is 444 g/mol. The highest BCUT2D eigenvalue weighted by molar-refractivity contribution is 6.35. The number of hydrogen-bond acceptors (Lipinski definition) is 4. The monoisotopic (exact) mass is 443 g/mol. The Morgan fingerprint density at radius 1 is 1.00 bits per heavy atom. The molecule has 156 valence electrons. The van der Waals surface area contributed by atoms with Crippen molar-refractivity contribution in [1.29, 1.82) is 0 Å². The smallest absolute Gasteiger partial charge is 0.291 e. The maximum Gasteiger partial charge on any atom is 0.291 e. The van der Waals surface area contributed by atoms with Gasteiger partial charge in [-0.15, -0.1) is 0 Å². The van der Waals surface area contributed by atoms with E-state index in [1.54, 1.807) is 30.3 Å². The predicted molar refractivity (Wildman–Crippen MR) is 123 cm³/mol. The van der Waals surface area contributed by atoms with E-state index in [1.165, 1.54) is 5.69 Å². The molecule has 30 heavy (non-hydrogen) atoms. The molecule has 2 heterocycles. The minimum Gasteiger partial charge on any atom is -0.451 e. The number of anilines is 2. The highest BCUT2D eigenvalue weighted by atomic mass is 35.5. The molecular weight excluding hydrogens is 421 g/mol. The van der Waals surface area contributed by atoms with Crippen molar-refractivity contribution in [2.75, 3.05) is 42.9 Å². The van der Waals surface area contributed by atoms with Crippen LogP contribution in [0.25, 0.3) is 11.3 Å². The van der Waals surface area contributed by atoms with Crippen molar-refractivity contribution in [1.82, 2.24) is 4.90 Å². The van der Waals surface area contributed by atoms with Crippen LogP contribution < -0.4 is 10.2 Å². The van der Waals surface area contributed by atoms with Crippen molar-refractivity contribution in [3.63, 3.8) is 0 Å². The van der Waals surface area contributed by atoms with E-state index in [2.05, 4.69) is 22.0 Å². The number of carbonyl (C=O) groups is 1. The van der Waals surface area contributed by atoms with Crippen LogP contribution in [0, 0.1) is 0 Å². The van der Waals surface area contributed by atoms with Gasteiger partial charge in [-0.1, -0.05) is 30.1 Å². The number of halogens is 2. The molecule has 3 aromatic rings. The zero-order valence-corrected chi connectivity index (χ0v) is 18.2. The third kappa shape index (κ3) is 4.64. The number of piperazine rings is 1. The van der Waals surface area contributed by atoms with Gasteiger partial charge in [-0.05, 0) is 61.1 Å². The number of amides is 1. The minimum absolute atomic E-state index is 0.209. The summed E-state index contributed by atoms with van der Waals surface area (Å²) >= 11 is 12.3. The molecule has 2 aromatic carbocycles. The van der Waals surface area contributed by atoms with Crippen molar-refractivity contribution in [3.8, 4) is 11.3 Å². The van der Waals surface area contributed by atoms with E-state index in [-0.39, 0.29) is 11.7 Å². The van der Waals surface area contributed by atoms with Gasteiger partial charge in [0.15, 0.2) is 5.76 Å². The van der Waals surface area contributed by atoms with E-state index in [4.69, 9.17) is 27.6 Å². The molecule has 1 aromatic heterocycles. The standard InChI is InChI=1S/C23H23Cl2N3O2/c1-2-27-11-13-28(14-12-27)18-6-4-17(5-7-18)26-23(29)22-10-9-21(30-22)19-15-16(24)3-8-20(19)25/h3-10,15H,2,11-14H2,1H3,(H,26,29). The quantitative estimate of drug-likeness (QED) is 0.553. The third-order valence-electron chi connectivity index (χ3n) is 5.33. The van der Waals surface area contributed by atoms with E-state index < -0.39 is 0 Å². The van der Waals surface area contributed by atoms with Gasteiger partial charge in [0, 0.05) is 48.1 Å². The van der Waals surface area contributed by atoms with Crippen molar-refractivity contribution in [2.24, 2.45) is 0 Å². The first-order valence-corrected chi connectivity index (χ1v) is 10.7. The third-order valence-corrected chi connectivity index (χ3v) is 5.90. The number of likely N-dealkylation sites (N-methyl/N-ethyl adjacent to an activating group) is 1. The van der Waals surface area contributed by atoms with E-state index in [0.29, 0.717) is 21.4 Å². The molecule has 1 aliphatic heterocycles. The van der Waals surface area contributed by atoms with Gasteiger partial charge in [0.1, 0.15) is 5.76 Å². The lowest BCUT2D eigenvalue weighted by atomic mass is 10.2. The summed E-state index contributed by atoms with van der Waals surface area (Å²) in [5, 5.41) is 3.94. The molecule has 1 amide bonds. The van der Waals surface area contributed by atoms with E-state index >= 15 is 0 Å². The van der Waals surface area contributed by atoms with Crippen LogP contribution in [0.4, 0.5) is 11.4 Å². The second kappa shape index (κ2) is 9.13. The normalized spacial score (nSPS) is 14.7. The van der Waals surface area contributed by atoms with E-state index in [1.807, 2.05) is 24.3 Å². The Bertz CT molecular complexity index is 1030. The van der Waals surface area contributed by atoms with Crippen molar-refractivity contribution in [3.05, 3.63) is 70.4 Å². The summed E-state index contributed by atoms with van der Waals surface area (Å²) in [6, 6.07) is 16.4. The molecule has 0 aliphatic carbocycles. The maximum atomic E-state index is 12.6. The number of nitrogens with one attached hydrogen (secondary N) is 1. The molecule has 0 saturated carbocycles. The summed E-state index contributed by atoms with van der Waals surface area (Å²) in [5.74, 6) is 0.388. The molecule has 1 aliphatic rings. The van der Waals surface area contributed by atoms with Gasteiger partial charge >= 0.3 is 0 Å². The summed E-state index contributed by atoms with van der Waals surface area (Å²) in [6.45, 7) is 7.47. The second-order valence-electron chi connectivity index (χ2n) is 7.21. The molecule has 4 rings (SSSR count). The Kier molecular flexibility index (Phi) is 6.32. The lowest BCUT2D eigenvalue weighted by Gasteiger charge is -2.35. The van der Waals surface area contributed by atoms with Crippen LogP contribution >= 0.6 is 23.2 Å². The largest absolute Gasteiger partial charge is 0.451 e. The van der Waals surface area contributed by atoms with Crippen LogP contribution in [0.15, 0.2) is 59.0 Å². The first-order chi connectivity index (χ1) is 14.5. The SMILES string of the molecule is CCN1CCN(c2ccc(NC(=O)c3ccc(-c4cc(Cl)ccc4Cl)o3)cc2)CC1. The molecular formula is C23H23Cl2N3O2. The van der Waals surface area contributed by atoms with Crippen LogP contribution in [0.5, 0.6) is 0 Å². The Balaban J connectivity index is 1.41. The predicted octanol–water partition coefficient (Wildman–Crippen LogP) is 5.65. The van der Waals surface area contributed by atoms with Gasteiger partial charge in [-0.2, -0.15) is 0 Å². The van der Waals surface area contributed by atoms with Gasteiger partial charge in [0.25, 0.3) is 5.91 Å². The Hall–Kier alpha value is -2.47.